The van der Waals surface area contributed by atoms with E-state index in [-0.39, 0.29) is 11.5 Å². The van der Waals surface area contributed by atoms with Gasteiger partial charge in [-0.2, -0.15) is 0 Å². The van der Waals surface area contributed by atoms with E-state index in [0.29, 0.717) is 24.3 Å². The van der Waals surface area contributed by atoms with Gasteiger partial charge in [0.05, 0.1) is 17.2 Å². The first-order valence-electron chi connectivity index (χ1n) is 8.47. The Morgan fingerprint density at radius 1 is 1.42 bits per heavy atom. The van der Waals surface area contributed by atoms with Gasteiger partial charge < -0.3 is 10.2 Å². The summed E-state index contributed by atoms with van der Waals surface area (Å²) in [7, 11) is 1.94. The van der Waals surface area contributed by atoms with Gasteiger partial charge in [0, 0.05) is 26.1 Å². The van der Waals surface area contributed by atoms with Crippen LogP contribution >= 0.6 is 0 Å². The molecule has 1 amide bonds. The van der Waals surface area contributed by atoms with Crippen molar-refractivity contribution in [1.29, 1.82) is 0 Å². The number of benzene rings is 1. The summed E-state index contributed by atoms with van der Waals surface area (Å²) in [6, 6.07) is 5.60. The third-order valence-electron chi connectivity index (χ3n) is 4.75. The van der Waals surface area contributed by atoms with Crippen molar-refractivity contribution in [3.8, 4) is 0 Å². The van der Waals surface area contributed by atoms with Crippen LogP contribution < -0.4 is 10.9 Å². The van der Waals surface area contributed by atoms with E-state index < -0.39 is 0 Å². The first-order chi connectivity index (χ1) is 11.6. The van der Waals surface area contributed by atoms with Crippen LogP contribution in [0.1, 0.15) is 18.4 Å². The number of hydrogen-bond donors (Lipinski definition) is 1. The summed E-state index contributed by atoms with van der Waals surface area (Å²) in [5.74, 6) is 0.650. The predicted octanol–water partition coefficient (Wildman–Crippen LogP) is 1.16. The summed E-state index contributed by atoms with van der Waals surface area (Å²) in [6.07, 6.45) is 2.94. The summed E-state index contributed by atoms with van der Waals surface area (Å²) in [5, 5.41) is 3.78. The average molecular weight is 328 g/mol. The van der Waals surface area contributed by atoms with Gasteiger partial charge >= 0.3 is 0 Å². The van der Waals surface area contributed by atoms with Crippen molar-refractivity contribution < 1.29 is 4.79 Å². The predicted molar refractivity (Wildman–Crippen MR) is 94.0 cm³/mol. The number of likely N-dealkylation sites (tertiary alicyclic amines) is 1. The van der Waals surface area contributed by atoms with Gasteiger partial charge in [-0.1, -0.05) is 12.1 Å². The third-order valence-corrected chi connectivity index (χ3v) is 4.75. The zero-order valence-electron chi connectivity index (χ0n) is 14.3. The second-order valence-corrected chi connectivity index (χ2v) is 6.52. The molecule has 0 bridgehead atoms. The second-order valence-electron chi connectivity index (χ2n) is 6.52. The van der Waals surface area contributed by atoms with Gasteiger partial charge in [-0.05, 0) is 44.5 Å². The molecule has 1 aromatic heterocycles. The Bertz CT molecular complexity index is 799. The molecule has 3 rings (SSSR count). The fraction of sp³-hybridized carbons (Fsp3) is 0.500. The Labute approximate surface area is 141 Å². The van der Waals surface area contributed by atoms with Crippen molar-refractivity contribution in [1.82, 2.24) is 19.8 Å². The molecule has 1 N–H and O–H groups in total. The second kappa shape index (κ2) is 7.13. The largest absolute Gasteiger partial charge is 0.342 e. The fourth-order valence-corrected chi connectivity index (χ4v) is 3.39. The average Bonchev–Trinajstić information content (AvgIpc) is 3.04. The molecule has 2 aromatic rings. The van der Waals surface area contributed by atoms with Crippen LogP contribution in [0, 0.1) is 12.8 Å². The molecule has 0 radical (unpaired) electrons. The normalized spacial score (nSPS) is 17.6. The molecule has 2 heterocycles. The molecular formula is C18H24N4O2. The maximum Gasteiger partial charge on any atom is 0.261 e. The van der Waals surface area contributed by atoms with Crippen molar-refractivity contribution in [2.75, 3.05) is 26.7 Å². The molecule has 1 unspecified atom stereocenters. The van der Waals surface area contributed by atoms with E-state index in [0.717, 1.165) is 37.1 Å². The maximum absolute atomic E-state index is 12.5. The van der Waals surface area contributed by atoms with Crippen molar-refractivity contribution in [2.45, 2.75) is 26.3 Å². The number of amides is 1. The van der Waals surface area contributed by atoms with Gasteiger partial charge in [-0.15, -0.1) is 0 Å². The number of carbonyl (C=O) groups is 1. The Hall–Kier alpha value is -2.21. The highest BCUT2D eigenvalue weighted by Gasteiger charge is 2.25. The lowest BCUT2D eigenvalue weighted by Crippen LogP contribution is -2.32. The van der Waals surface area contributed by atoms with Gasteiger partial charge in [0.25, 0.3) is 5.56 Å². The van der Waals surface area contributed by atoms with Crippen LogP contribution in [0.15, 0.2) is 29.3 Å². The SMILES string of the molecule is CNCC1CCN(C(=O)CCn2cnc3c(C)cccc3c2=O)C1. The zero-order chi connectivity index (χ0) is 17.1. The molecule has 6 nitrogen and oxygen atoms in total. The molecule has 0 spiro atoms. The molecule has 24 heavy (non-hydrogen) atoms. The number of carbonyl (C=O) groups excluding carboxylic acids is 1. The first kappa shape index (κ1) is 16.6. The van der Waals surface area contributed by atoms with Crippen molar-refractivity contribution in [3.05, 3.63) is 40.4 Å². The first-order valence-corrected chi connectivity index (χ1v) is 8.47. The van der Waals surface area contributed by atoms with Crippen LogP contribution in [-0.4, -0.2) is 47.0 Å². The van der Waals surface area contributed by atoms with Gasteiger partial charge in [0.1, 0.15) is 0 Å². The van der Waals surface area contributed by atoms with E-state index in [1.165, 1.54) is 0 Å². The lowest BCUT2D eigenvalue weighted by atomic mass is 10.1. The highest BCUT2D eigenvalue weighted by atomic mass is 16.2. The molecule has 1 saturated heterocycles. The molecule has 0 saturated carbocycles. The Morgan fingerprint density at radius 2 is 2.25 bits per heavy atom. The van der Waals surface area contributed by atoms with Gasteiger partial charge in [0.2, 0.25) is 5.91 Å². The summed E-state index contributed by atoms with van der Waals surface area (Å²) in [6.45, 7) is 4.88. The van der Waals surface area contributed by atoms with Crippen molar-refractivity contribution in [2.24, 2.45) is 5.92 Å². The number of fused-ring (bicyclic) bond motifs is 1. The Kier molecular flexibility index (Phi) is 4.94. The maximum atomic E-state index is 12.5. The quantitative estimate of drug-likeness (QED) is 0.894. The van der Waals surface area contributed by atoms with Crippen LogP contribution in [-0.2, 0) is 11.3 Å². The molecule has 0 aliphatic carbocycles. The summed E-state index contributed by atoms with van der Waals surface area (Å²) in [4.78, 5) is 31.2. The molecule has 1 aliphatic rings. The number of rotatable bonds is 5. The van der Waals surface area contributed by atoms with Crippen LogP contribution in [0.2, 0.25) is 0 Å². The molecule has 1 aliphatic heterocycles. The van der Waals surface area contributed by atoms with Gasteiger partial charge in [0.15, 0.2) is 0 Å². The fourth-order valence-electron chi connectivity index (χ4n) is 3.39. The summed E-state index contributed by atoms with van der Waals surface area (Å²) >= 11 is 0. The minimum Gasteiger partial charge on any atom is -0.342 e. The molecule has 6 heteroatoms. The van der Waals surface area contributed by atoms with E-state index in [1.807, 2.05) is 31.0 Å². The van der Waals surface area contributed by atoms with Gasteiger partial charge in [-0.25, -0.2) is 4.98 Å². The van der Waals surface area contributed by atoms with E-state index >= 15 is 0 Å². The van der Waals surface area contributed by atoms with E-state index in [9.17, 15) is 9.59 Å². The minimum atomic E-state index is -0.0778. The molecule has 1 aromatic carbocycles. The number of aromatic nitrogens is 2. The number of hydrogen-bond acceptors (Lipinski definition) is 4. The van der Waals surface area contributed by atoms with E-state index in [4.69, 9.17) is 0 Å². The Morgan fingerprint density at radius 3 is 3.04 bits per heavy atom. The van der Waals surface area contributed by atoms with Crippen molar-refractivity contribution >= 4 is 16.8 Å². The number of aryl methyl sites for hydroxylation is 2. The topological polar surface area (TPSA) is 67.2 Å². The number of nitrogens with one attached hydrogen (secondary N) is 1. The zero-order valence-corrected chi connectivity index (χ0v) is 14.3. The minimum absolute atomic E-state index is 0.0778. The van der Waals surface area contributed by atoms with E-state index in [1.54, 1.807) is 17.0 Å². The van der Waals surface area contributed by atoms with Crippen LogP contribution in [0.4, 0.5) is 0 Å². The summed E-state index contributed by atoms with van der Waals surface area (Å²) in [5.41, 5.74) is 1.64. The van der Waals surface area contributed by atoms with Crippen LogP contribution in [0.5, 0.6) is 0 Å². The molecule has 1 fully saturated rings. The molecule has 128 valence electrons. The standard InChI is InChI=1S/C18H24N4O2/c1-13-4-3-5-15-17(13)20-12-22(18(15)24)9-7-16(23)21-8-6-14(11-21)10-19-2/h3-5,12,14,19H,6-11H2,1-2H3. The smallest absolute Gasteiger partial charge is 0.261 e. The van der Waals surface area contributed by atoms with Crippen LogP contribution in [0.3, 0.4) is 0 Å². The van der Waals surface area contributed by atoms with Crippen LogP contribution in [0.25, 0.3) is 10.9 Å². The highest BCUT2D eigenvalue weighted by Crippen LogP contribution is 2.16. The monoisotopic (exact) mass is 328 g/mol. The van der Waals surface area contributed by atoms with Gasteiger partial charge in [-0.3, -0.25) is 14.2 Å². The lowest BCUT2D eigenvalue weighted by Gasteiger charge is -2.17. The third kappa shape index (κ3) is 3.33. The summed E-state index contributed by atoms with van der Waals surface area (Å²) < 4.78 is 1.54. The Balaban J connectivity index is 1.67. The number of nitrogens with zero attached hydrogens (tertiary/aromatic N) is 3. The lowest BCUT2D eigenvalue weighted by molar-refractivity contribution is -0.130. The van der Waals surface area contributed by atoms with Crippen molar-refractivity contribution in [3.63, 3.8) is 0 Å². The number of para-hydroxylation sites is 1. The molecule has 1 atom stereocenters. The highest BCUT2D eigenvalue weighted by molar-refractivity contribution is 5.80. The molecular weight excluding hydrogens is 304 g/mol. The van der Waals surface area contributed by atoms with E-state index in [2.05, 4.69) is 10.3 Å².